The predicted octanol–water partition coefficient (Wildman–Crippen LogP) is 4.02. The van der Waals surface area contributed by atoms with E-state index in [9.17, 15) is 14.4 Å². The van der Waals surface area contributed by atoms with E-state index in [2.05, 4.69) is 22.5 Å². The Morgan fingerprint density at radius 2 is 1.79 bits per heavy atom. The summed E-state index contributed by atoms with van der Waals surface area (Å²) in [4.78, 5) is 40.9. The Morgan fingerprint density at radius 1 is 1.09 bits per heavy atom. The number of amides is 3. The SMILES string of the molecule is Cc1cccc(C)c1NC(=O)CN(CCC(=O)Nc1sc2c(c1C(N)=O)CCC(C)C2)C1CC1. The Morgan fingerprint density at radius 3 is 2.44 bits per heavy atom. The van der Waals surface area contributed by atoms with Crippen molar-refractivity contribution >= 4 is 39.7 Å². The molecule has 1 unspecified atom stereocenters. The number of hydrogen-bond acceptors (Lipinski definition) is 5. The highest BCUT2D eigenvalue weighted by atomic mass is 32.1. The number of carbonyl (C=O) groups excluding carboxylic acids is 3. The first kappa shape index (κ1) is 24.4. The molecule has 4 N–H and O–H groups in total. The van der Waals surface area contributed by atoms with Gasteiger partial charge >= 0.3 is 0 Å². The normalized spacial score (nSPS) is 17.4. The van der Waals surface area contributed by atoms with Crippen LogP contribution in [0.2, 0.25) is 0 Å². The van der Waals surface area contributed by atoms with Gasteiger partial charge in [0.05, 0.1) is 12.1 Å². The number of primary amides is 1. The van der Waals surface area contributed by atoms with E-state index in [-0.39, 0.29) is 24.8 Å². The van der Waals surface area contributed by atoms with Gasteiger partial charge in [-0.1, -0.05) is 25.1 Å². The van der Waals surface area contributed by atoms with E-state index in [0.717, 1.165) is 59.4 Å². The molecule has 4 rings (SSSR count). The molecular weight excluding hydrogens is 448 g/mol. The molecule has 8 heteroatoms. The van der Waals surface area contributed by atoms with Crippen LogP contribution < -0.4 is 16.4 Å². The van der Waals surface area contributed by atoms with Gasteiger partial charge in [0.1, 0.15) is 5.00 Å². The Hall–Kier alpha value is -2.71. The predicted molar refractivity (Wildman–Crippen MR) is 136 cm³/mol. The zero-order chi connectivity index (χ0) is 24.4. The zero-order valence-electron chi connectivity index (χ0n) is 20.2. The third-order valence-corrected chi connectivity index (χ3v) is 7.96. The molecule has 1 atom stereocenters. The average molecular weight is 483 g/mol. The average Bonchev–Trinajstić information content (AvgIpc) is 3.55. The van der Waals surface area contributed by atoms with Crippen LogP contribution in [0.25, 0.3) is 0 Å². The standard InChI is InChI=1S/C26H34N4O3S/c1-15-7-10-19-20(13-15)34-26(23(19)25(27)33)29-21(31)11-12-30(18-8-9-18)14-22(32)28-24-16(2)5-4-6-17(24)3/h4-6,15,18H,7-14H2,1-3H3,(H2,27,33)(H,28,32)(H,29,31). The van der Waals surface area contributed by atoms with Gasteiger partial charge in [-0.3, -0.25) is 19.3 Å². The molecule has 0 aliphatic heterocycles. The number of para-hydroxylation sites is 1. The summed E-state index contributed by atoms with van der Waals surface area (Å²) in [5.41, 5.74) is 10.1. The van der Waals surface area contributed by atoms with Crippen molar-refractivity contribution in [3.8, 4) is 0 Å². The molecule has 1 saturated carbocycles. The van der Waals surface area contributed by atoms with Crippen LogP contribution in [0, 0.1) is 19.8 Å². The van der Waals surface area contributed by atoms with E-state index in [0.29, 0.717) is 29.1 Å². The maximum Gasteiger partial charge on any atom is 0.251 e. The van der Waals surface area contributed by atoms with Crippen LogP contribution in [-0.2, 0) is 22.4 Å². The second-order valence-electron chi connectivity index (χ2n) is 9.73. The van der Waals surface area contributed by atoms with Gasteiger partial charge in [-0.15, -0.1) is 11.3 Å². The fourth-order valence-corrected chi connectivity index (χ4v) is 6.17. The van der Waals surface area contributed by atoms with E-state index < -0.39 is 5.91 Å². The number of carbonyl (C=O) groups is 3. The van der Waals surface area contributed by atoms with Crippen LogP contribution in [-0.4, -0.2) is 41.8 Å². The maximum absolute atomic E-state index is 12.8. The molecule has 34 heavy (non-hydrogen) atoms. The number of thiophene rings is 1. The van der Waals surface area contributed by atoms with Crippen LogP contribution in [0.5, 0.6) is 0 Å². The number of nitrogens with one attached hydrogen (secondary N) is 2. The lowest BCUT2D eigenvalue weighted by atomic mass is 9.88. The molecule has 0 bridgehead atoms. The van der Waals surface area contributed by atoms with Crippen molar-refractivity contribution in [2.24, 2.45) is 11.7 Å². The highest BCUT2D eigenvalue weighted by Gasteiger charge is 2.31. The first-order valence-electron chi connectivity index (χ1n) is 12.1. The first-order valence-corrected chi connectivity index (χ1v) is 12.9. The van der Waals surface area contributed by atoms with Crippen LogP contribution in [0.3, 0.4) is 0 Å². The number of benzene rings is 1. The molecule has 0 radical (unpaired) electrons. The van der Waals surface area contributed by atoms with Gasteiger partial charge in [0.25, 0.3) is 5.91 Å². The quantitative estimate of drug-likeness (QED) is 0.502. The fourth-order valence-electron chi connectivity index (χ4n) is 4.74. The summed E-state index contributed by atoms with van der Waals surface area (Å²) in [5.74, 6) is -0.141. The van der Waals surface area contributed by atoms with Gasteiger partial charge in [-0.2, -0.15) is 0 Å². The van der Waals surface area contributed by atoms with Crippen LogP contribution in [0.4, 0.5) is 10.7 Å². The molecule has 182 valence electrons. The summed E-state index contributed by atoms with van der Waals surface area (Å²) in [7, 11) is 0. The lowest BCUT2D eigenvalue weighted by molar-refractivity contribution is -0.119. The number of nitrogens with zero attached hydrogens (tertiary/aromatic N) is 1. The number of rotatable bonds is 9. The molecule has 1 aromatic heterocycles. The highest BCUT2D eigenvalue weighted by Crippen LogP contribution is 2.39. The minimum atomic E-state index is -0.481. The van der Waals surface area contributed by atoms with Crippen molar-refractivity contribution in [2.45, 2.75) is 65.3 Å². The largest absolute Gasteiger partial charge is 0.365 e. The van der Waals surface area contributed by atoms with Gasteiger partial charge in [-0.05, 0) is 68.6 Å². The lowest BCUT2D eigenvalue weighted by Crippen LogP contribution is -2.37. The van der Waals surface area contributed by atoms with Gasteiger partial charge in [0.15, 0.2) is 0 Å². The number of fused-ring (bicyclic) bond motifs is 1. The van der Waals surface area contributed by atoms with E-state index in [1.807, 2.05) is 32.0 Å². The van der Waals surface area contributed by atoms with Crippen molar-refractivity contribution in [1.29, 1.82) is 0 Å². The molecule has 3 amide bonds. The van der Waals surface area contributed by atoms with Crippen molar-refractivity contribution in [2.75, 3.05) is 23.7 Å². The minimum absolute atomic E-state index is 0.0687. The van der Waals surface area contributed by atoms with Crippen molar-refractivity contribution in [3.05, 3.63) is 45.3 Å². The second-order valence-corrected chi connectivity index (χ2v) is 10.8. The summed E-state index contributed by atoms with van der Waals surface area (Å²) in [5, 5.41) is 6.55. The smallest absolute Gasteiger partial charge is 0.251 e. The summed E-state index contributed by atoms with van der Waals surface area (Å²) in [6.07, 6.45) is 5.11. The Bertz CT molecular complexity index is 1090. The Labute approximate surface area is 205 Å². The molecular formula is C26H34N4O3S. The lowest BCUT2D eigenvalue weighted by Gasteiger charge is -2.22. The van der Waals surface area contributed by atoms with Crippen LogP contribution >= 0.6 is 11.3 Å². The number of hydrogen-bond donors (Lipinski definition) is 3. The molecule has 0 spiro atoms. The van der Waals surface area contributed by atoms with Crippen LogP contribution in [0.15, 0.2) is 18.2 Å². The molecule has 2 aromatic rings. The molecule has 1 fully saturated rings. The van der Waals surface area contributed by atoms with E-state index in [4.69, 9.17) is 5.73 Å². The van der Waals surface area contributed by atoms with Crippen molar-refractivity contribution < 1.29 is 14.4 Å². The molecule has 0 saturated heterocycles. The minimum Gasteiger partial charge on any atom is -0.365 e. The zero-order valence-corrected chi connectivity index (χ0v) is 21.0. The second kappa shape index (κ2) is 10.3. The van der Waals surface area contributed by atoms with Gasteiger partial charge < -0.3 is 16.4 Å². The van der Waals surface area contributed by atoms with E-state index in [1.165, 1.54) is 11.3 Å². The summed E-state index contributed by atoms with van der Waals surface area (Å²) in [6.45, 7) is 6.91. The first-order chi connectivity index (χ1) is 16.2. The number of anilines is 2. The molecule has 2 aliphatic carbocycles. The maximum atomic E-state index is 12.8. The van der Waals surface area contributed by atoms with E-state index >= 15 is 0 Å². The number of aryl methyl sites for hydroxylation is 2. The highest BCUT2D eigenvalue weighted by molar-refractivity contribution is 7.17. The monoisotopic (exact) mass is 482 g/mol. The molecule has 1 aromatic carbocycles. The molecule has 7 nitrogen and oxygen atoms in total. The Kier molecular flexibility index (Phi) is 7.38. The third kappa shape index (κ3) is 5.67. The van der Waals surface area contributed by atoms with Gasteiger partial charge in [0.2, 0.25) is 11.8 Å². The van der Waals surface area contributed by atoms with Gasteiger partial charge in [-0.25, -0.2) is 0 Å². The fraction of sp³-hybridized carbons (Fsp3) is 0.500. The topological polar surface area (TPSA) is 105 Å². The Balaban J connectivity index is 1.36. The summed E-state index contributed by atoms with van der Waals surface area (Å²) >= 11 is 1.48. The van der Waals surface area contributed by atoms with Gasteiger partial charge in [0, 0.05) is 29.6 Å². The number of nitrogens with two attached hydrogens (primary N) is 1. The van der Waals surface area contributed by atoms with E-state index in [1.54, 1.807) is 0 Å². The third-order valence-electron chi connectivity index (χ3n) is 6.79. The van der Waals surface area contributed by atoms with Crippen molar-refractivity contribution in [1.82, 2.24) is 4.90 Å². The molecule has 2 aliphatic rings. The summed E-state index contributed by atoms with van der Waals surface area (Å²) in [6, 6.07) is 6.28. The van der Waals surface area contributed by atoms with Crippen LogP contribution in [0.1, 0.15) is 64.5 Å². The summed E-state index contributed by atoms with van der Waals surface area (Å²) < 4.78 is 0. The van der Waals surface area contributed by atoms with Crippen molar-refractivity contribution in [3.63, 3.8) is 0 Å². The molecule has 1 heterocycles.